The molecule has 0 saturated heterocycles. The van der Waals surface area contributed by atoms with Crippen LogP contribution in [0.25, 0.3) is 0 Å². The van der Waals surface area contributed by atoms with E-state index in [0.29, 0.717) is 0 Å². The van der Waals surface area contributed by atoms with Gasteiger partial charge in [-0.25, -0.2) is 0 Å². The van der Waals surface area contributed by atoms with Crippen LogP contribution < -0.4 is 7.16 Å². The van der Waals surface area contributed by atoms with E-state index in [2.05, 4.69) is 38.1 Å². The van der Waals surface area contributed by atoms with Crippen LogP contribution in [0.1, 0.15) is 13.8 Å². The van der Waals surface area contributed by atoms with E-state index in [9.17, 15) is 0 Å². The molecule has 0 radical (unpaired) electrons. The van der Waals surface area contributed by atoms with Crippen molar-refractivity contribution >= 4 is 48.7 Å². The summed E-state index contributed by atoms with van der Waals surface area (Å²) in [4.78, 5) is 0. The molecule has 0 nitrogen and oxygen atoms in total. The third-order valence-corrected chi connectivity index (χ3v) is 19.6. The molecule has 0 aliphatic rings. The summed E-state index contributed by atoms with van der Waals surface area (Å²) in [5.74, 6) is 0. The Hall–Kier alpha value is -0.181. The van der Waals surface area contributed by atoms with E-state index in [1.54, 1.807) is 0 Å². The van der Waals surface area contributed by atoms with Crippen molar-refractivity contribution < 1.29 is 0 Å². The predicted molar refractivity (Wildman–Crippen MR) is 88.9 cm³/mol. The van der Waals surface area contributed by atoms with E-state index in [4.69, 9.17) is 23.2 Å². The van der Waals surface area contributed by atoms with Crippen LogP contribution in [0.3, 0.4) is 0 Å². The second-order valence-electron chi connectivity index (χ2n) is 4.80. The minimum absolute atomic E-state index is 0.812. The van der Waals surface area contributed by atoms with Gasteiger partial charge < -0.3 is 0 Å². The molecule has 2 aromatic carbocycles. The van der Waals surface area contributed by atoms with E-state index in [-0.39, 0.29) is 0 Å². The van der Waals surface area contributed by atoms with Gasteiger partial charge in [0, 0.05) is 0 Å². The number of halogens is 2. The van der Waals surface area contributed by atoms with E-state index in [0.717, 1.165) is 10.0 Å². The quantitative estimate of drug-likeness (QED) is 0.659. The van der Waals surface area contributed by atoms with E-state index in [1.165, 1.54) is 16.0 Å². The van der Waals surface area contributed by atoms with Gasteiger partial charge in [0.25, 0.3) is 0 Å². The van der Waals surface area contributed by atoms with Crippen molar-refractivity contribution in [3.8, 4) is 0 Å². The Balaban J connectivity index is 2.53. The fourth-order valence-corrected chi connectivity index (χ4v) is 14.7. The molecule has 0 aromatic heterocycles. The number of rotatable bonds is 4. The number of hydrogen-bond acceptors (Lipinski definition) is 0. The molecule has 0 amide bonds. The van der Waals surface area contributed by atoms with Gasteiger partial charge in [0.2, 0.25) is 0 Å². The van der Waals surface area contributed by atoms with Crippen LogP contribution in [0.2, 0.25) is 18.9 Å². The molecular formula is C16H18Cl2Sn. The monoisotopic (exact) mass is 400 g/mol. The molecule has 3 heteroatoms. The van der Waals surface area contributed by atoms with Gasteiger partial charge in [-0.1, -0.05) is 0 Å². The van der Waals surface area contributed by atoms with Crippen molar-refractivity contribution in [3.05, 3.63) is 58.6 Å². The van der Waals surface area contributed by atoms with E-state index >= 15 is 0 Å². The zero-order valence-electron chi connectivity index (χ0n) is 11.3. The molecule has 0 N–H and O–H groups in total. The average molecular weight is 400 g/mol. The number of hydrogen-bond donors (Lipinski definition) is 0. The van der Waals surface area contributed by atoms with Crippen LogP contribution >= 0.6 is 23.2 Å². The normalized spacial score (nSPS) is 11.6. The zero-order valence-corrected chi connectivity index (χ0v) is 15.7. The molecule has 19 heavy (non-hydrogen) atoms. The van der Waals surface area contributed by atoms with Gasteiger partial charge in [-0.3, -0.25) is 0 Å². The van der Waals surface area contributed by atoms with Crippen molar-refractivity contribution in [1.29, 1.82) is 0 Å². The first-order chi connectivity index (χ1) is 9.12. The fourth-order valence-electron chi connectivity index (χ4n) is 2.77. The summed E-state index contributed by atoms with van der Waals surface area (Å²) in [7, 11) is 0. The molecule has 0 bridgehead atoms. The molecule has 2 rings (SSSR count). The van der Waals surface area contributed by atoms with Gasteiger partial charge in [0.1, 0.15) is 0 Å². The van der Waals surface area contributed by atoms with E-state index < -0.39 is 18.4 Å². The minimum atomic E-state index is -2.53. The Bertz CT molecular complexity index is 480. The van der Waals surface area contributed by atoms with Crippen LogP contribution in [0.4, 0.5) is 0 Å². The third kappa shape index (κ3) is 3.12. The molecule has 0 aliphatic carbocycles. The fraction of sp³-hybridized carbons (Fsp3) is 0.250. The van der Waals surface area contributed by atoms with Gasteiger partial charge >= 0.3 is 130 Å². The Morgan fingerprint density at radius 1 is 0.684 bits per heavy atom. The average Bonchev–Trinajstić information content (AvgIpc) is 2.44. The Kier molecular flexibility index (Phi) is 5.21. The molecule has 0 aliphatic heterocycles. The molecule has 0 atom stereocenters. The van der Waals surface area contributed by atoms with Crippen LogP contribution in [0, 0.1) is 0 Å². The molecule has 0 fully saturated rings. The van der Waals surface area contributed by atoms with Crippen LogP contribution in [-0.4, -0.2) is 18.4 Å². The van der Waals surface area contributed by atoms with Crippen LogP contribution in [-0.2, 0) is 0 Å². The van der Waals surface area contributed by atoms with Gasteiger partial charge in [-0.2, -0.15) is 0 Å². The predicted octanol–water partition coefficient (Wildman–Crippen LogP) is 4.60. The molecule has 0 unspecified atom stereocenters. The molecule has 2 aromatic rings. The summed E-state index contributed by atoms with van der Waals surface area (Å²) >= 11 is 9.51. The van der Waals surface area contributed by atoms with Crippen molar-refractivity contribution in [2.24, 2.45) is 0 Å². The van der Waals surface area contributed by atoms with Crippen molar-refractivity contribution in [1.82, 2.24) is 0 Å². The summed E-state index contributed by atoms with van der Waals surface area (Å²) < 4.78 is 5.56. The van der Waals surface area contributed by atoms with Crippen molar-refractivity contribution in [2.75, 3.05) is 0 Å². The molecule has 0 saturated carbocycles. The Morgan fingerprint density at radius 2 is 1.00 bits per heavy atom. The first-order valence-corrected chi connectivity index (χ1v) is 14.3. The maximum absolute atomic E-state index is 6.02. The summed E-state index contributed by atoms with van der Waals surface area (Å²) in [5.41, 5.74) is 0. The summed E-state index contributed by atoms with van der Waals surface area (Å²) in [6.45, 7) is 4.64. The molecular weight excluding hydrogens is 382 g/mol. The van der Waals surface area contributed by atoms with Gasteiger partial charge in [0.15, 0.2) is 0 Å². The number of benzene rings is 2. The second-order valence-corrected chi connectivity index (χ2v) is 19.2. The van der Waals surface area contributed by atoms with Gasteiger partial charge in [-0.05, 0) is 0 Å². The van der Waals surface area contributed by atoms with E-state index in [1.807, 2.05) is 24.3 Å². The zero-order chi connectivity index (χ0) is 13.9. The summed E-state index contributed by atoms with van der Waals surface area (Å²) in [5, 5.41) is 1.62. The molecule has 100 valence electrons. The topological polar surface area (TPSA) is 0 Å². The first-order valence-electron chi connectivity index (χ1n) is 6.64. The van der Waals surface area contributed by atoms with Crippen LogP contribution in [0.15, 0.2) is 48.5 Å². The Labute approximate surface area is 129 Å². The van der Waals surface area contributed by atoms with Crippen molar-refractivity contribution in [2.45, 2.75) is 22.7 Å². The second kappa shape index (κ2) is 6.51. The maximum atomic E-state index is 6.02. The first kappa shape index (κ1) is 15.2. The Morgan fingerprint density at radius 3 is 1.26 bits per heavy atom. The molecule has 0 spiro atoms. The SMILES string of the molecule is C[CH2][Sn]([CH2]C)([c]1ccc(Cl)cc1)[c]1ccc(Cl)cc1. The third-order valence-electron chi connectivity index (χ3n) is 4.00. The van der Waals surface area contributed by atoms with Crippen LogP contribution in [0.5, 0.6) is 0 Å². The molecule has 0 heterocycles. The van der Waals surface area contributed by atoms with Gasteiger partial charge in [0.05, 0.1) is 0 Å². The van der Waals surface area contributed by atoms with Gasteiger partial charge in [-0.15, -0.1) is 0 Å². The summed E-state index contributed by atoms with van der Waals surface area (Å²) in [6.07, 6.45) is 0. The standard InChI is InChI=1S/2C6H4Cl.2C2H5.Sn/c2*7-6-4-2-1-3-5-6;2*1-2;/h2*2-5H;2*1H2,2H3;. The van der Waals surface area contributed by atoms with Crippen molar-refractivity contribution in [3.63, 3.8) is 0 Å². The summed E-state index contributed by atoms with van der Waals surface area (Å²) in [6, 6.07) is 17.0.